The van der Waals surface area contributed by atoms with E-state index in [1.807, 2.05) is 42.5 Å². The third kappa shape index (κ3) is 4.18. The van der Waals surface area contributed by atoms with Crippen molar-refractivity contribution in [2.75, 3.05) is 5.32 Å². The number of anilines is 1. The lowest BCUT2D eigenvalue weighted by molar-refractivity contribution is 0.722. The molecule has 19 heavy (non-hydrogen) atoms. The van der Waals surface area contributed by atoms with Crippen LogP contribution in [0.15, 0.2) is 54.6 Å². The zero-order valence-corrected chi connectivity index (χ0v) is 13.5. The van der Waals surface area contributed by atoms with Crippen LogP contribution in [0, 0.1) is 3.57 Å². The lowest BCUT2D eigenvalue weighted by Crippen LogP contribution is -2.31. The number of para-hydroxylation sites is 1. The molecule has 2 rings (SSSR count). The number of thiocarbonyl (C=S) groups is 1. The number of benzene rings is 2. The summed E-state index contributed by atoms with van der Waals surface area (Å²) >= 11 is 7.64. The Morgan fingerprint density at radius 1 is 1.05 bits per heavy atom. The Morgan fingerprint density at radius 2 is 1.68 bits per heavy atom. The van der Waals surface area contributed by atoms with E-state index in [0.29, 0.717) is 5.11 Å². The van der Waals surface area contributed by atoms with Gasteiger partial charge in [-0.05, 0) is 59.4 Å². The van der Waals surface area contributed by atoms with Gasteiger partial charge >= 0.3 is 0 Å². The second kappa shape index (κ2) is 6.86. The van der Waals surface area contributed by atoms with Crippen molar-refractivity contribution in [1.82, 2.24) is 5.32 Å². The van der Waals surface area contributed by atoms with Crippen LogP contribution >= 0.6 is 34.8 Å². The number of rotatable bonds is 3. The first-order chi connectivity index (χ1) is 9.16. The van der Waals surface area contributed by atoms with Gasteiger partial charge in [-0.2, -0.15) is 0 Å². The second-order valence-electron chi connectivity index (χ2n) is 4.21. The molecule has 2 aromatic rings. The lowest BCUT2D eigenvalue weighted by atomic mass is 10.1. The van der Waals surface area contributed by atoms with Crippen molar-refractivity contribution in [2.45, 2.75) is 13.0 Å². The average molecular weight is 382 g/mol. The van der Waals surface area contributed by atoms with Crippen LogP contribution in [0.25, 0.3) is 0 Å². The Morgan fingerprint density at radius 3 is 2.37 bits per heavy atom. The van der Waals surface area contributed by atoms with E-state index in [1.165, 1.54) is 5.56 Å². The van der Waals surface area contributed by atoms with Gasteiger partial charge in [0.25, 0.3) is 0 Å². The molecule has 98 valence electrons. The van der Waals surface area contributed by atoms with Crippen LogP contribution in [-0.4, -0.2) is 5.11 Å². The van der Waals surface area contributed by atoms with Crippen molar-refractivity contribution >= 4 is 45.6 Å². The van der Waals surface area contributed by atoms with Crippen LogP contribution in [0.2, 0.25) is 0 Å². The molecule has 1 unspecified atom stereocenters. The molecule has 0 heterocycles. The molecular weight excluding hydrogens is 367 g/mol. The normalized spacial score (nSPS) is 11.7. The van der Waals surface area contributed by atoms with E-state index in [-0.39, 0.29) is 6.04 Å². The first kappa shape index (κ1) is 14.3. The van der Waals surface area contributed by atoms with Crippen molar-refractivity contribution in [1.29, 1.82) is 0 Å². The predicted octanol–water partition coefficient (Wildman–Crippen LogP) is 4.34. The molecule has 0 spiro atoms. The van der Waals surface area contributed by atoms with Gasteiger partial charge in [0.1, 0.15) is 0 Å². The molecule has 2 N–H and O–H groups in total. The van der Waals surface area contributed by atoms with Crippen molar-refractivity contribution in [3.05, 3.63) is 63.7 Å². The molecule has 0 radical (unpaired) electrons. The third-order valence-electron chi connectivity index (χ3n) is 2.77. The van der Waals surface area contributed by atoms with Crippen LogP contribution in [0.5, 0.6) is 0 Å². The molecule has 0 aliphatic carbocycles. The zero-order valence-electron chi connectivity index (χ0n) is 10.6. The SMILES string of the molecule is CC(NC(=S)Nc1ccccc1I)c1ccccc1. The van der Waals surface area contributed by atoms with Crippen molar-refractivity contribution in [3.63, 3.8) is 0 Å². The lowest BCUT2D eigenvalue weighted by Gasteiger charge is -2.17. The molecular formula is C15H15IN2S. The number of hydrogen-bond acceptors (Lipinski definition) is 1. The summed E-state index contributed by atoms with van der Waals surface area (Å²) in [5, 5.41) is 7.15. The molecule has 0 amide bonds. The second-order valence-corrected chi connectivity index (χ2v) is 5.78. The summed E-state index contributed by atoms with van der Waals surface area (Å²) in [6.45, 7) is 2.10. The topological polar surface area (TPSA) is 24.1 Å². The smallest absolute Gasteiger partial charge is 0.171 e. The monoisotopic (exact) mass is 382 g/mol. The van der Waals surface area contributed by atoms with Crippen LogP contribution < -0.4 is 10.6 Å². The van der Waals surface area contributed by atoms with Crippen molar-refractivity contribution < 1.29 is 0 Å². The number of nitrogens with one attached hydrogen (secondary N) is 2. The maximum absolute atomic E-state index is 5.35. The fourth-order valence-electron chi connectivity index (χ4n) is 1.74. The summed E-state index contributed by atoms with van der Waals surface area (Å²) < 4.78 is 1.15. The van der Waals surface area contributed by atoms with E-state index in [4.69, 9.17) is 12.2 Å². The fourth-order valence-corrected chi connectivity index (χ4v) is 2.55. The number of hydrogen-bond donors (Lipinski definition) is 2. The molecule has 0 fully saturated rings. The van der Waals surface area contributed by atoms with Gasteiger partial charge in [0.2, 0.25) is 0 Å². The summed E-state index contributed by atoms with van der Waals surface area (Å²) in [7, 11) is 0. The minimum atomic E-state index is 0.183. The molecule has 0 saturated carbocycles. The van der Waals surface area contributed by atoms with Gasteiger partial charge in [-0.15, -0.1) is 0 Å². The molecule has 0 aromatic heterocycles. The van der Waals surface area contributed by atoms with E-state index < -0.39 is 0 Å². The van der Waals surface area contributed by atoms with Crippen molar-refractivity contribution in [2.24, 2.45) is 0 Å². The molecule has 0 bridgehead atoms. The zero-order chi connectivity index (χ0) is 13.7. The summed E-state index contributed by atoms with van der Waals surface area (Å²) in [5.74, 6) is 0. The van der Waals surface area contributed by atoms with Gasteiger partial charge in [0.05, 0.1) is 11.7 Å². The quantitative estimate of drug-likeness (QED) is 0.610. The summed E-state index contributed by atoms with van der Waals surface area (Å²) in [6, 6.07) is 18.5. The highest BCUT2D eigenvalue weighted by Crippen LogP contribution is 2.17. The highest BCUT2D eigenvalue weighted by Gasteiger charge is 2.07. The summed E-state index contributed by atoms with van der Waals surface area (Å²) in [4.78, 5) is 0. The van der Waals surface area contributed by atoms with E-state index in [2.05, 4.69) is 52.3 Å². The molecule has 4 heteroatoms. The Hall–Kier alpha value is -1.14. The number of halogens is 1. The van der Waals surface area contributed by atoms with Gasteiger partial charge in [0, 0.05) is 3.57 Å². The molecule has 2 aromatic carbocycles. The Bertz CT molecular complexity index is 557. The third-order valence-corrected chi connectivity index (χ3v) is 3.93. The predicted molar refractivity (Wildman–Crippen MR) is 93.4 cm³/mol. The largest absolute Gasteiger partial charge is 0.356 e. The van der Waals surface area contributed by atoms with Crippen LogP contribution in [-0.2, 0) is 0 Å². The minimum absolute atomic E-state index is 0.183. The first-order valence-electron chi connectivity index (χ1n) is 6.04. The highest BCUT2D eigenvalue weighted by atomic mass is 127. The Kier molecular flexibility index (Phi) is 5.15. The van der Waals surface area contributed by atoms with Crippen molar-refractivity contribution in [3.8, 4) is 0 Å². The van der Waals surface area contributed by atoms with Gasteiger partial charge < -0.3 is 10.6 Å². The van der Waals surface area contributed by atoms with Crippen LogP contribution in [0.3, 0.4) is 0 Å². The van der Waals surface area contributed by atoms with Crippen LogP contribution in [0.1, 0.15) is 18.5 Å². The maximum Gasteiger partial charge on any atom is 0.171 e. The van der Waals surface area contributed by atoms with E-state index in [1.54, 1.807) is 0 Å². The van der Waals surface area contributed by atoms with E-state index in [0.717, 1.165) is 9.26 Å². The van der Waals surface area contributed by atoms with E-state index >= 15 is 0 Å². The van der Waals surface area contributed by atoms with Gasteiger partial charge in [-0.3, -0.25) is 0 Å². The summed E-state index contributed by atoms with van der Waals surface area (Å²) in [6.07, 6.45) is 0. The standard InChI is InChI=1S/C15H15IN2S/c1-11(12-7-3-2-4-8-12)17-15(19)18-14-10-6-5-9-13(14)16/h2-11H,1H3,(H2,17,18,19). The maximum atomic E-state index is 5.35. The molecule has 0 aliphatic rings. The van der Waals surface area contributed by atoms with Gasteiger partial charge in [0.15, 0.2) is 5.11 Å². The first-order valence-corrected chi connectivity index (χ1v) is 7.52. The minimum Gasteiger partial charge on any atom is -0.356 e. The molecule has 0 aliphatic heterocycles. The molecule has 0 saturated heterocycles. The average Bonchev–Trinajstić information content (AvgIpc) is 2.42. The van der Waals surface area contributed by atoms with Gasteiger partial charge in [-0.1, -0.05) is 42.5 Å². The highest BCUT2D eigenvalue weighted by molar-refractivity contribution is 14.1. The fraction of sp³-hybridized carbons (Fsp3) is 0.133. The van der Waals surface area contributed by atoms with E-state index in [9.17, 15) is 0 Å². The Balaban J connectivity index is 1.97. The molecule has 2 nitrogen and oxygen atoms in total. The van der Waals surface area contributed by atoms with Gasteiger partial charge in [-0.25, -0.2) is 0 Å². The van der Waals surface area contributed by atoms with Crippen LogP contribution in [0.4, 0.5) is 5.69 Å². The molecule has 1 atom stereocenters. The Labute approximate surface area is 132 Å². The summed E-state index contributed by atoms with van der Waals surface area (Å²) in [5.41, 5.74) is 2.25.